The molecule has 0 aromatic carbocycles. The summed E-state index contributed by atoms with van der Waals surface area (Å²) < 4.78 is 0. The van der Waals surface area contributed by atoms with Gasteiger partial charge in [0.15, 0.2) is 0 Å². The fourth-order valence-electron chi connectivity index (χ4n) is 2.16. The average molecular weight is 239 g/mol. The van der Waals surface area contributed by atoms with Crippen LogP contribution in [-0.4, -0.2) is 35.9 Å². The van der Waals surface area contributed by atoms with Crippen molar-refractivity contribution in [3.63, 3.8) is 0 Å². The summed E-state index contributed by atoms with van der Waals surface area (Å²) in [5.41, 5.74) is 1.86. The maximum absolute atomic E-state index is 11.6. The molecule has 1 amide bonds. The molecule has 0 bridgehead atoms. The standard InChI is InChI=1S/C11H17N3OS/c1-12-11(15)9-3-2-4-14(6-9)7-10-5-13-8-16-10/h5,8-9H,2-4,6-7H2,1H3,(H,12,15). The van der Waals surface area contributed by atoms with Crippen LogP contribution in [0.2, 0.25) is 0 Å². The number of amides is 1. The molecule has 0 spiro atoms. The SMILES string of the molecule is CNC(=O)C1CCCN(Cc2cncs2)C1. The highest BCUT2D eigenvalue weighted by molar-refractivity contribution is 7.09. The van der Waals surface area contributed by atoms with Gasteiger partial charge < -0.3 is 5.32 Å². The van der Waals surface area contributed by atoms with Crippen LogP contribution in [0.25, 0.3) is 0 Å². The number of rotatable bonds is 3. The lowest BCUT2D eigenvalue weighted by atomic mass is 9.97. The number of piperidine rings is 1. The molecule has 16 heavy (non-hydrogen) atoms. The van der Waals surface area contributed by atoms with Gasteiger partial charge in [0.25, 0.3) is 0 Å². The topological polar surface area (TPSA) is 45.2 Å². The largest absolute Gasteiger partial charge is 0.359 e. The Hall–Kier alpha value is -0.940. The molecule has 88 valence electrons. The van der Waals surface area contributed by atoms with Crippen molar-refractivity contribution in [3.8, 4) is 0 Å². The monoisotopic (exact) mass is 239 g/mol. The molecule has 2 rings (SSSR count). The van der Waals surface area contributed by atoms with Gasteiger partial charge in [-0.1, -0.05) is 0 Å². The number of nitrogens with one attached hydrogen (secondary N) is 1. The van der Waals surface area contributed by atoms with Gasteiger partial charge in [0.05, 0.1) is 11.4 Å². The maximum atomic E-state index is 11.6. The summed E-state index contributed by atoms with van der Waals surface area (Å²) in [7, 11) is 1.71. The molecule has 1 aromatic rings. The number of hydrogen-bond donors (Lipinski definition) is 1. The second-order valence-electron chi connectivity index (χ2n) is 4.16. The Morgan fingerprint density at radius 3 is 3.31 bits per heavy atom. The molecule has 1 aliphatic heterocycles. The predicted molar refractivity (Wildman–Crippen MR) is 64.2 cm³/mol. The molecule has 4 nitrogen and oxygen atoms in total. The van der Waals surface area contributed by atoms with Gasteiger partial charge >= 0.3 is 0 Å². The molecule has 2 heterocycles. The highest BCUT2D eigenvalue weighted by atomic mass is 32.1. The van der Waals surface area contributed by atoms with Crippen LogP contribution in [0.15, 0.2) is 11.7 Å². The van der Waals surface area contributed by atoms with Crippen LogP contribution in [0.5, 0.6) is 0 Å². The highest BCUT2D eigenvalue weighted by Gasteiger charge is 2.24. The van der Waals surface area contributed by atoms with E-state index in [9.17, 15) is 4.79 Å². The van der Waals surface area contributed by atoms with Crippen LogP contribution in [0.1, 0.15) is 17.7 Å². The molecular weight excluding hydrogens is 222 g/mol. The van der Waals surface area contributed by atoms with Gasteiger partial charge in [-0.25, -0.2) is 0 Å². The first kappa shape index (κ1) is 11.5. The third kappa shape index (κ3) is 2.80. The molecule has 0 aliphatic carbocycles. The van der Waals surface area contributed by atoms with Gasteiger partial charge in [0.1, 0.15) is 0 Å². The van der Waals surface area contributed by atoms with Gasteiger partial charge in [-0.2, -0.15) is 0 Å². The first-order chi connectivity index (χ1) is 7.79. The molecule has 1 aromatic heterocycles. The normalized spacial score (nSPS) is 21.9. The lowest BCUT2D eigenvalue weighted by molar-refractivity contribution is -0.126. The van der Waals surface area contributed by atoms with Crippen molar-refractivity contribution in [1.82, 2.24) is 15.2 Å². The predicted octanol–water partition coefficient (Wildman–Crippen LogP) is 1.10. The van der Waals surface area contributed by atoms with Gasteiger partial charge in [-0.15, -0.1) is 11.3 Å². The van der Waals surface area contributed by atoms with E-state index in [1.54, 1.807) is 18.4 Å². The van der Waals surface area contributed by atoms with Crippen molar-refractivity contribution in [2.24, 2.45) is 5.92 Å². The van der Waals surface area contributed by atoms with E-state index in [4.69, 9.17) is 0 Å². The first-order valence-corrected chi connectivity index (χ1v) is 6.49. The van der Waals surface area contributed by atoms with Crippen molar-refractivity contribution >= 4 is 17.2 Å². The molecule has 0 saturated carbocycles. The molecule has 1 atom stereocenters. The number of carbonyl (C=O) groups is 1. The van der Waals surface area contributed by atoms with E-state index >= 15 is 0 Å². The third-order valence-electron chi connectivity index (χ3n) is 2.99. The van der Waals surface area contributed by atoms with E-state index in [0.717, 1.165) is 32.5 Å². The highest BCUT2D eigenvalue weighted by Crippen LogP contribution is 2.19. The summed E-state index contributed by atoms with van der Waals surface area (Å²) in [5, 5.41) is 2.74. The second-order valence-corrected chi connectivity index (χ2v) is 5.13. The number of nitrogens with zero attached hydrogens (tertiary/aromatic N) is 2. The molecule has 0 radical (unpaired) electrons. The average Bonchev–Trinajstić information content (AvgIpc) is 2.81. The Morgan fingerprint density at radius 1 is 1.75 bits per heavy atom. The first-order valence-electron chi connectivity index (χ1n) is 5.61. The zero-order valence-corrected chi connectivity index (χ0v) is 10.3. The van der Waals surface area contributed by atoms with Crippen molar-refractivity contribution in [2.75, 3.05) is 20.1 Å². The third-order valence-corrected chi connectivity index (χ3v) is 3.75. The zero-order valence-electron chi connectivity index (χ0n) is 9.48. The summed E-state index contributed by atoms with van der Waals surface area (Å²) in [6, 6.07) is 0. The Morgan fingerprint density at radius 2 is 2.62 bits per heavy atom. The van der Waals surface area contributed by atoms with Crippen LogP contribution < -0.4 is 5.32 Å². The number of carbonyl (C=O) groups excluding carboxylic acids is 1. The lowest BCUT2D eigenvalue weighted by Gasteiger charge is -2.31. The van der Waals surface area contributed by atoms with E-state index in [0.29, 0.717) is 0 Å². The van der Waals surface area contributed by atoms with Crippen molar-refractivity contribution < 1.29 is 4.79 Å². The Bertz CT molecular complexity index is 339. The van der Waals surface area contributed by atoms with Gasteiger partial charge in [0.2, 0.25) is 5.91 Å². The lowest BCUT2D eigenvalue weighted by Crippen LogP contribution is -2.41. The fourth-order valence-corrected chi connectivity index (χ4v) is 2.79. The summed E-state index contributed by atoms with van der Waals surface area (Å²) >= 11 is 1.68. The number of likely N-dealkylation sites (tertiary alicyclic amines) is 1. The molecule has 5 heteroatoms. The van der Waals surface area contributed by atoms with E-state index in [-0.39, 0.29) is 11.8 Å². The van der Waals surface area contributed by atoms with Crippen LogP contribution in [0.4, 0.5) is 0 Å². The number of hydrogen-bond acceptors (Lipinski definition) is 4. The zero-order chi connectivity index (χ0) is 11.4. The summed E-state index contributed by atoms with van der Waals surface area (Å²) in [6.07, 6.45) is 4.03. The Balaban J connectivity index is 1.89. The number of aromatic nitrogens is 1. The fraction of sp³-hybridized carbons (Fsp3) is 0.636. The van der Waals surface area contributed by atoms with Gasteiger partial charge in [-0.3, -0.25) is 14.7 Å². The Labute approximate surface area is 99.7 Å². The van der Waals surface area contributed by atoms with Gasteiger partial charge in [0, 0.05) is 31.2 Å². The Kier molecular flexibility index (Phi) is 3.90. The van der Waals surface area contributed by atoms with E-state index in [1.807, 2.05) is 11.7 Å². The molecular formula is C11H17N3OS. The van der Waals surface area contributed by atoms with E-state index < -0.39 is 0 Å². The molecule has 1 saturated heterocycles. The van der Waals surface area contributed by atoms with Crippen molar-refractivity contribution in [1.29, 1.82) is 0 Å². The quantitative estimate of drug-likeness (QED) is 0.859. The second kappa shape index (κ2) is 5.41. The van der Waals surface area contributed by atoms with Crippen LogP contribution in [-0.2, 0) is 11.3 Å². The maximum Gasteiger partial charge on any atom is 0.224 e. The molecule has 1 unspecified atom stereocenters. The minimum atomic E-state index is 0.159. The van der Waals surface area contributed by atoms with Gasteiger partial charge in [-0.05, 0) is 19.4 Å². The van der Waals surface area contributed by atoms with Crippen LogP contribution in [0.3, 0.4) is 0 Å². The number of thiazole rings is 1. The van der Waals surface area contributed by atoms with E-state index in [2.05, 4.69) is 15.2 Å². The molecule has 1 N–H and O–H groups in total. The summed E-state index contributed by atoms with van der Waals surface area (Å²) in [6.45, 7) is 2.89. The van der Waals surface area contributed by atoms with Crippen molar-refractivity contribution in [2.45, 2.75) is 19.4 Å². The molecule has 1 aliphatic rings. The van der Waals surface area contributed by atoms with Crippen molar-refractivity contribution in [3.05, 3.63) is 16.6 Å². The van der Waals surface area contributed by atoms with Crippen LogP contribution >= 0.6 is 11.3 Å². The van der Waals surface area contributed by atoms with E-state index in [1.165, 1.54) is 4.88 Å². The summed E-state index contributed by atoms with van der Waals surface area (Å²) in [5.74, 6) is 0.334. The summed E-state index contributed by atoms with van der Waals surface area (Å²) in [4.78, 5) is 19.3. The minimum absolute atomic E-state index is 0.159. The minimum Gasteiger partial charge on any atom is -0.359 e. The van der Waals surface area contributed by atoms with Crippen LogP contribution in [0, 0.1) is 5.92 Å². The molecule has 1 fully saturated rings. The smallest absolute Gasteiger partial charge is 0.224 e.